The molecular weight excluding hydrogens is 170 g/mol. The van der Waals surface area contributed by atoms with Crippen molar-refractivity contribution in [2.24, 2.45) is 5.73 Å². The Balaban J connectivity index is 2.91. The average molecular weight is 191 g/mol. The van der Waals surface area contributed by atoms with Crippen LogP contribution in [0.1, 0.15) is 27.2 Å². The summed E-state index contributed by atoms with van der Waals surface area (Å²) >= 11 is 1.92. The summed E-state index contributed by atoms with van der Waals surface area (Å²) in [6, 6.07) is 0.337. The van der Waals surface area contributed by atoms with Gasteiger partial charge in [-0.25, -0.2) is 0 Å². The quantitative estimate of drug-likeness (QED) is 0.624. The fourth-order valence-corrected chi connectivity index (χ4v) is 1.67. The second-order valence-electron chi connectivity index (χ2n) is 3.30. The molecule has 0 aliphatic rings. The van der Waals surface area contributed by atoms with Crippen LogP contribution in [-0.2, 0) is 4.74 Å². The topological polar surface area (TPSA) is 35.2 Å². The highest BCUT2D eigenvalue weighted by molar-refractivity contribution is 7.99. The second-order valence-corrected chi connectivity index (χ2v) is 4.52. The highest BCUT2D eigenvalue weighted by Gasteiger charge is 1.95. The number of hydrogen-bond acceptors (Lipinski definition) is 3. The van der Waals surface area contributed by atoms with Crippen LogP contribution in [0.5, 0.6) is 0 Å². The normalized spacial score (nSPS) is 13.8. The van der Waals surface area contributed by atoms with E-state index in [4.69, 9.17) is 10.5 Å². The second kappa shape index (κ2) is 7.90. The van der Waals surface area contributed by atoms with Crippen LogP contribution in [0, 0.1) is 0 Å². The predicted octanol–water partition coefficient (Wildman–Crippen LogP) is 1.88. The van der Waals surface area contributed by atoms with Gasteiger partial charge < -0.3 is 10.5 Å². The molecule has 0 bridgehead atoms. The lowest BCUT2D eigenvalue weighted by atomic mass is 10.3. The number of nitrogens with two attached hydrogens (primary N) is 1. The van der Waals surface area contributed by atoms with Gasteiger partial charge in [0.15, 0.2) is 0 Å². The fourth-order valence-electron chi connectivity index (χ4n) is 0.714. The molecule has 12 heavy (non-hydrogen) atoms. The minimum Gasteiger partial charge on any atom is -0.378 e. The lowest BCUT2D eigenvalue weighted by molar-refractivity contribution is 0.0920. The molecule has 2 nitrogen and oxygen atoms in total. The van der Waals surface area contributed by atoms with E-state index in [1.807, 2.05) is 18.7 Å². The first-order valence-corrected chi connectivity index (χ1v) is 5.73. The average Bonchev–Trinajstić information content (AvgIpc) is 1.95. The fraction of sp³-hybridized carbons (Fsp3) is 1.00. The van der Waals surface area contributed by atoms with Crippen molar-refractivity contribution < 1.29 is 4.74 Å². The Morgan fingerprint density at radius 1 is 1.25 bits per heavy atom. The standard InChI is InChI=1S/C9H21NOS/c1-8(2)11-5-7-12-6-4-9(3)10/h8-9H,4-7,10H2,1-3H3. The number of hydrogen-bond donors (Lipinski definition) is 1. The van der Waals surface area contributed by atoms with E-state index in [1.54, 1.807) is 0 Å². The molecule has 2 N–H and O–H groups in total. The molecule has 1 atom stereocenters. The molecule has 0 rings (SSSR count). The Morgan fingerprint density at radius 3 is 2.42 bits per heavy atom. The lowest BCUT2D eigenvalue weighted by Gasteiger charge is -2.07. The molecule has 1 unspecified atom stereocenters. The molecule has 0 aliphatic carbocycles. The largest absolute Gasteiger partial charge is 0.378 e. The van der Waals surface area contributed by atoms with E-state index in [0.29, 0.717) is 12.1 Å². The van der Waals surface area contributed by atoms with Crippen molar-refractivity contribution in [1.82, 2.24) is 0 Å². The van der Waals surface area contributed by atoms with E-state index in [9.17, 15) is 0 Å². The molecule has 0 spiro atoms. The van der Waals surface area contributed by atoms with Crippen LogP contribution in [0.3, 0.4) is 0 Å². The van der Waals surface area contributed by atoms with Gasteiger partial charge in [0.1, 0.15) is 0 Å². The SMILES string of the molecule is CC(N)CCSCCOC(C)C. The van der Waals surface area contributed by atoms with Gasteiger partial charge in [-0.05, 0) is 32.9 Å². The molecule has 0 aromatic heterocycles. The maximum absolute atomic E-state index is 5.61. The highest BCUT2D eigenvalue weighted by Crippen LogP contribution is 2.04. The molecule has 0 aromatic carbocycles. The van der Waals surface area contributed by atoms with Crippen molar-refractivity contribution in [3.05, 3.63) is 0 Å². The molecule has 0 heterocycles. The smallest absolute Gasteiger partial charge is 0.0560 e. The van der Waals surface area contributed by atoms with E-state index < -0.39 is 0 Å². The van der Waals surface area contributed by atoms with Gasteiger partial charge in [0, 0.05) is 11.8 Å². The number of thioether (sulfide) groups is 1. The Kier molecular flexibility index (Phi) is 8.07. The zero-order valence-corrected chi connectivity index (χ0v) is 9.19. The van der Waals surface area contributed by atoms with Gasteiger partial charge >= 0.3 is 0 Å². The minimum absolute atomic E-state index is 0.337. The molecule has 3 heteroatoms. The van der Waals surface area contributed by atoms with E-state index >= 15 is 0 Å². The zero-order valence-electron chi connectivity index (χ0n) is 8.38. The maximum atomic E-state index is 5.61. The van der Waals surface area contributed by atoms with Crippen molar-refractivity contribution in [2.45, 2.75) is 39.3 Å². The summed E-state index contributed by atoms with van der Waals surface area (Å²) in [7, 11) is 0. The molecule has 0 amide bonds. The molecule has 0 aliphatic heterocycles. The van der Waals surface area contributed by atoms with Crippen LogP contribution in [0.15, 0.2) is 0 Å². The number of rotatable bonds is 7. The molecule has 0 saturated carbocycles. The summed E-state index contributed by atoms with van der Waals surface area (Å²) in [5, 5.41) is 0. The Hall–Kier alpha value is 0.270. The van der Waals surface area contributed by atoms with E-state index in [-0.39, 0.29) is 0 Å². The van der Waals surface area contributed by atoms with Gasteiger partial charge in [-0.2, -0.15) is 11.8 Å². The molecule has 0 fully saturated rings. The number of ether oxygens (including phenoxy) is 1. The first kappa shape index (κ1) is 12.3. The van der Waals surface area contributed by atoms with Gasteiger partial charge in [-0.15, -0.1) is 0 Å². The van der Waals surface area contributed by atoms with Crippen molar-refractivity contribution in [3.8, 4) is 0 Å². The van der Waals surface area contributed by atoms with Crippen LogP contribution < -0.4 is 5.73 Å². The highest BCUT2D eigenvalue weighted by atomic mass is 32.2. The van der Waals surface area contributed by atoms with E-state index in [1.165, 1.54) is 0 Å². The van der Waals surface area contributed by atoms with Crippen molar-refractivity contribution in [2.75, 3.05) is 18.1 Å². The summed E-state index contributed by atoms with van der Waals surface area (Å²) in [6.07, 6.45) is 1.46. The summed E-state index contributed by atoms with van der Waals surface area (Å²) < 4.78 is 5.40. The molecule has 74 valence electrons. The molecule has 0 saturated heterocycles. The van der Waals surface area contributed by atoms with Gasteiger partial charge in [-0.3, -0.25) is 0 Å². The van der Waals surface area contributed by atoms with Crippen LogP contribution in [0.25, 0.3) is 0 Å². The van der Waals surface area contributed by atoms with E-state index in [2.05, 4.69) is 13.8 Å². The Labute approximate surface area is 80.2 Å². The van der Waals surface area contributed by atoms with Gasteiger partial charge in [0.05, 0.1) is 12.7 Å². The van der Waals surface area contributed by atoms with Crippen LogP contribution in [-0.4, -0.2) is 30.3 Å². The van der Waals surface area contributed by atoms with Crippen molar-refractivity contribution in [1.29, 1.82) is 0 Å². The van der Waals surface area contributed by atoms with Crippen LogP contribution in [0.4, 0.5) is 0 Å². The first-order chi connectivity index (χ1) is 5.63. The van der Waals surface area contributed by atoms with Crippen molar-refractivity contribution in [3.63, 3.8) is 0 Å². The summed E-state index contributed by atoms with van der Waals surface area (Å²) in [5.74, 6) is 2.24. The summed E-state index contributed by atoms with van der Waals surface area (Å²) in [5.41, 5.74) is 5.61. The molecular formula is C9H21NOS. The summed E-state index contributed by atoms with van der Waals surface area (Å²) in [4.78, 5) is 0. The zero-order chi connectivity index (χ0) is 9.40. The predicted molar refractivity (Wildman–Crippen MR) is 56.7 cm³/mol. The Morgan fingerprint density at radius 2 is 1.92 bits per heavy atom. The maximum Gasteiger partial charge on any atom is 0.0560 e. The van der Waals surface area contributed by atoms with Crippen molar-refractivity contribution >= 4 is 11.8 Å². The Bertz CT molecular complexity index is 84.5. The third-order valence-corrected chi connectivity index (χ3v) is 2.38. The van der Waals surface area contributed by atoms with Crippen LogP contribution >= 0.6 is 11.8 Å². The van der Waals surface area contributed by atoms with Gasteiger partial charge in [0.2, 0.25) is 0 Å². The molecule has 0 aromatic rings. The molecule has 0 radical (unpaired) electrons. The minimum atomic E-state index is 0.337. The van der Waals surface area contributed by atoms with Gasteiger partial charge in [-0.1, -0.05) is 0 Å². The van der Waals surface area contributed by atoms with Crippen LogP contribution in [0.2, 0.25) is 0 Å². The third-order valence-electron chi connectivity index (χ3n) is 1.40. The monoisotopic (exact) mass is 191 g/mol. The lowest BCUT2D eigenvalue weighted by Crippen LogP contribution is -2.15. The third kappa shape index (κ3) is 10.3. The van der Waals surface area contributed by atoms with Gasteiger partial charge in [0.25, 0.3) is 0 Å². The van der Waals surface area contributed by atoms with E-state index in [0.717, 1.165) is 24.5 Å². The first-order valence-electron chi connectivity index (χ1n) is 4.58. The summed E-state index contributed by atoms with van der Waals surface area (Å²) in [6.45, 7) is 7.03.